The van der Waals surface area contributed by atoms with Crippen molar-refractivity contribution in [2.24, 2.45) is 11.8 Å². The molecule has 1 aromatic heterocycles. The van der Waals surface area contributed by atoms with Crippen molar-refractivity contribution in [1.29, 1.82) is 0 Å². The zero-order valence-electron chi connectivity index (χ0n) is 30.1. The molecule has 1 spiro atoms. The Balaban J connectivity index is 1.33. The molecule has 3 aromatic rings. The number of benzene rings is 2. The molecule has 282 valence electrons. The molecule has 1 N–H and O–H groups in total. The number of halogens is 1. The van der Waals surface area contributed by atoms with E-state index in [-0.39, 0.29) is 55.3 Å². The zero-order chi connectivity index (χ0) is 37.9. The highest BCUT2D eigenvalue weighted by Crippen LogP contribution is 2.60. The first-order valence-corrected chi connectivity index (χ1v) is 19.0. The van der Waals surface area contributed by atoms with Crippen LogP contribution in [0, 0.1) is 11.8 Å². The minimum atomic E-state index is -1.33. The number of rotatable bonds is 17. The molecule has 13 nitrogen and oxygen atoms in total. The number of fused-ring (bicyclic) bond motifs is 2. The maximum atomic E-state index is 14.9. The summed E-state index contributed by atoms with van der Waals surface area (Å²) in [5.41, 5.74) is 0.785. The number of carbonyl (C=O) groups excluding carboxylic acids is 4. The number of alkyl halides is 1. The lowest BCUT2D eigenvalue weighted by molar-refractivity contribution is -0.164. The molecule has 0 aliphatic carbocycles. The Hall–Kier alpha value is -4.40. The first-order valence-electron chi connectivity index (χ1n) is 18.1. The van der Waals surface area contributed by atoms with Gasteiger partial charge in [-0.25, -0.2) is 4.68 Å². The van der Waals surface area contributed by atoms with Crippen molar-refractivity contribution in [3.05, 3.63) is 85.5 Å². The minimum Gasteiger partial charge on any atom is -0.455 e. The number of aliphatic hydroxyl groups is 1. The van der Waals surface area contributed by atoms with Crippen LogP contribution in [0.4, 0.5) is 0 Å². The standard InChI is InChI=1S/C39H47BrN6O7/c1-5-7-19-30(48)43(4)25(3)33(26-15-9-8-10-16-26)52-38(51)31-32-36(49)45(21-13-14-22-47)35(39(32)23-27(40)34(31)53-39)37(50)44(20-6-2)24-46-29-18-12-11-17-28(29)41-42-46/h5-6,8-12,15-18,25,27,31-35,47H,1-2,7,13-14,19-24H2,3-4H3/t25-,27?,31+,32-,33+,34+,35+,39-/m0/s1. The van der Waals surface area contributed by atoms with E-state index in [1.807, 2.05) is 61.5 Å². The summed E-state index contributed by atoms with van der Waals surface area (Å²) < 4.78 is 14.7. The predicted molar refractivity (Wildman–Crippen MR) is 200 cm³/mol. The normalized spacial score (nSPS) is 25.5. The monoisotopic (exact) mass is 790 g/mol. The summed E-state index contributed by atoms with van der Waals surface area (Å²) in [7, 11) is 1.68. The number of amides is 3. The lowest BCUT2D eigenvalue weighted by atomic mass is 9.70. The molecule has 8 atom stereocenters. The number of hydrogen-bond donors (Lipinski definition) is 1. The van der Waals surface area contributed by atoms with Crippen molar-refractivity contribution < 1.29 is 33.8 Å². The van der Waals surface area contributed by atoms with Crippen molar-refractivity contribution in [3.63, 3.8) is 0 Å². The number of carbonyl (C=O) groups is 4. The fourth-order valence-corrected chi connectivity index (χ4v) is 9.11. The third kappa shape index (κ3) is 7.16. The second-order valence-electron chi connectivity index (χ2n) is 14.0. The Morgan fingerprint density at radius 3 is 2.58 bits per heavy atom. The van der Waals surface area contributed by atoms with Crippen molar-refractivity contribution in [2.75, 3.05) is 26.7 Å². The number of aromatic nitrogens is 3. The fraction of sp³-hybridized carbons (Fsp3) is 0.487. The second kappa shape index (κ2) is 16.3. The number of hydrogen-bond acceptors (Lipinski definition) is 9. The van der Waals surface area contributed by atoms with Crippen LogP contribution in [-0.2, 0) is 35.3 Å². The summed E-state index contributed by atoms with van der Waals surface area (Å²) in [5, 5.41) is 18.1. The molecule has 6 rings (SSSR count). The van der Waals surface area contributed by atoms with Gasteiger partial charge in [-0.2, -0.15) is 0 Å². The van der Waals surface area contributed by atoms with E-state index in [1.54, 1.807) is 33.7 Å². The molecule has 53 heavy (non-hydrogen) atoms. The molecule has 3 aliphatic rings. The Morgan fingerprint density at radius 2 is 1.87 bits per heavy atom. The van der Waals surface area contributed by atoms with Crippen molar-refractivity contribution in [2.45, 2.75) is 80.4 Å². The smallest absolute Gasteiger partial charge is 0.313 e. The molecule has 3 saturated heterocycles. The van der Waals surface area contributed by atoms with Crippen LogP contribution in [0.15, 0.2) is 79.9 Å². The molecule has 3 aliphatic heterocycles. The number of aliphatic hydroxyl groups excluding tert-OH is 1. The molecule has 3 fully saturated rings. The van der Waals surface area contributed by atoms with Crippen molar-refractivity contribution >= 4 is 50.7 Å². The number of ether oxygens (including phenoxy) is 2. The third-order valence-electron chi connectivity index (χ3n) is 10.9. The third-order valence-corrected chi connectivity index (χ3v) is 11.7. The average molecular weight is 792 g/mol. The summed E-state index contributed by atoms with van der Waals surface area (Å²) in [4.78, 5) is 61.5. The van der Waals surface area contributed by atoms with Crippen LogP contribution in [0.1, 0.15) is 50.7 Å². The van der Waals surface area contributed by atoms with E-state index in [4.69, 9.17) is 9.47 Å². The number of unbranched alkanes of at least 4 members (excludes halogenated alkanes) is 1. The molecule has 4 heterocycles. The first kappa shape index (κ1) is 38.3. The molecule has 0 radical (unpaired) electrons. The Labute approximate surface area is 317 Å². The van der Waals surface area contributed by atoms with Gasteiger partial charge in [-0.05, 0) is 50.3 Å². The summed E-state index contributed by atoms with van der Waals surface area (Å²) in [6, 6.07) is 15.0. The van der Waals surface area contributed by atoms with Gasteiger partial charge in [0, 0.05) is 38.0 Å². The molecule has 0 saturated carbocycles. The van der Waals surface area contributed by atoms with E-state index in [0.717, 1.165) is 5.52 Å². The Bertz CT molecular complexity index is 1840. The Morgan fingerprint density at radius 1 is 1.13 bits per heavy atom. The van der Waals surface area contributed by atoms with Gasteiger partial charge in [0.1, 0.15) is 29.9 Å². The van der Waals surface area contributed by atoms with Gasteiger partial charge in [-0.3, -0.25) is 19.2 Å². The van der Waals surface area contributed by atoms with Gasteiger partial charge >= 0.3 is 5.97 Å². The topological polar surface area (TPSA) is 147 Å². The molecular weight excluding hydrogens is 744 g/mol. The van der Waals surface area contributed by atoms with Gasteiger partial charge in [0.25, 0.3) is 0 Å². The molecule has 2 aromatic carbocycles. The largest absolute Gasteiger partial charge is 0.455 e. The highest BCUT2D eigenvalue weighted by molar-refractivity contribution is 9.09. The van der Waals surface area contributed by atoms with Gasteiger partial charge in [0.05, 0.1) is 29.5 Å². The van der Waals surface area contributed by atoms with Crippen LogP contribution in [-0.4, -0.2) is 114 Å². The quantitative estimate of drug-likeness (QED) is 0.0927. The van der Waals surface area contributed by atoms with Crippen molar-refractivity contribution in [1.82, 2.24) is 29.7 Å². The number of esters is 1. The van der Waals surface area contributed by atoms with E-state index >= 15 is 0 Å². The first-order chi connectivity index (χ1) is 25.6. The number of likely N-dealkylation sites (tertiary alicyclic amines) is 1. The van der Waals surface area contributed by atoms with Gasteiger partial charge in [-0.15, -0.1) is 18.3 Å². The molecule has 2 bridgehead atoms. The minimum absolute atomic E-state index is 0.0452. The van der Waals surface area contributed by atoms with E-state index < -0.39 is 47.7 Å². The highest BCUT2D eigenvalue weighted by atomic mass is 79.9. The highest BCUT2D eigenvalue weighted by Gasteiger charge is 2.77. The number of allylic oxidation sites excluding steroid dienone is 1. The molecule has 14 heteroatoms. The summed E-state index contributed by atoms with van der Waals surface area (Å²) >= 11 is 3.75. The van der Waals surface area contributed by atoms with Crippen LogP contribution in [0.5, 0.6) is 0 Å². The number of likely N-dealkylation sites (N-methyl/N-ethyl adjacent to an activating group) is 1. The maximum absolute atomic E-state index is 14.9. The van der Waals surface area contributed by atoms with Crippen LogP contribution >= 0.6 is 15.9 Å². The summed E-state index contributed by atoms with van der Waals surface area (Å²) in [6.07, 6.45) is 3.68. The molecule has 3 amide bonds. The van der Waals surface area contributed by atoms with Crippen LogP contribution in [0.2, 0.25) is 0 Å². The summed E-state index contributed by atoms with van der Waals surface area (Å²) in [5.74, 6) is -3.50. The lowest BCUT2D eigenvalue weighted by Gasteiger charge is -2.37. The van der Waals surface area contributed by atoms with Crippen LogP contribution in [0.25, 0.3) is 11.0 Å². The predicted octanol–water partition coefficient (Wildman–Crippen LogP) is 4.02. The number of nitrogens with zero attached hydrogens (tertiary/aromatic N) is 6. The zero-order valence-corrected chi connectivity index (χ0v) is 31.7. The Kier molecular flexibility index (Phi) is 11.8. The van der Waals surface area contributed by atoms with Crippen LogP contribution < -0.4 is 0 Å². The second-order valence-corrected chi connectivity index (χ2v) is 15.2. The van der Waals surface area contributed by atoms with Gasteiger partial charge in [0.2, 0.25) is 17.7 Å². The molecule has 1 unspecified atom stereocenters. The van der Waals surface area contributed by atoms with Gasteiger partial charge < -0.3 is 29.3 Å². The summed E-state index contributed by atoms with van der Waals surface area (Å²) in [6.45, 7) is 9.74. The van der Waals surface area contributed by atoms with E-state index in [2.05, 4.69) is 39.4 Å². The van der Waals surface area contributed by atoms with E-state index in [1.165, 1.54) is 4.90 Å². The maximum Gasteiger partial charge on any atom is 0.313 e. The SMILES string of the molecule is C=CCCC(=O)N(C)[C@@H](C)[C@@H](OC(=O)[C@H]1[C@@H]2O[C@@]3(CC2Br)[C@@H]1C(=O)N(CCCCO)[C@@H]3C(=O)N(CC=C)Cn1nnc2ccccc21)c1ccccc1. The lowest BCUT2D eigenvalue weighted by Crippen LogP contribution is -2.57. The van der Waals surface area contributed by atoms with Crippen molar-refractivity contribution in [3.8, 4) is 0 Å². The van der Waals surface area contributed by atoms with E-state index in [9.17, 15) is 24.3 Å². The van der Waals surface area contributed by atoms with Gasteiger partial charge in [0.15, 0.2) is 0 Å². The number of para-hydroxylation sites is 1. The fourth-order valence-electron chi connectivity index (χ4n) is 8.17. The van der Waals surface area contributed by atoms with Gasteiger partial charge in [-0.1, -0.05) is 75.8 Å². The molecular formula is C39H47BrN6O7. The van der Waals surface area contributed by atoms with Crippen LogP contribution in [0.3, 0.4) is 0 Å². The average Bonchev–Trinajstić information content (AvgIpc) is 3.89. The van der Waals surface area contributed by atoms with E-state index in [0.29, 0.717) is 36.8 Å².